The van der Waals surface area contributed by atoms with Crippen LogP contribution in [0.4, 0.5) is 0 Å². The summed E-state index contributed by atoms with van der Waals surface area (Å²) in [4.78, 5) is 30.0. The molecule has 2 N–H and O–H groups in total. The van der Waals surface area contributed by atoms with Gasteiger partial charge in [-0.3, -0.25) is 9.59 Å². The number of carbonyl (C=O) groups excluding carboxylic acids is 1. The Kier molecular flexibility index (Phi) is 4.34. The van der Waals surface area contributed by atoms with Crippen molar-refractivity contribution in [1.29, 1.82) is 0 Å². The third-order valence-electron chi connectivity index (χ3n) is 2.87. The number of thiazole rings is 1. The molecule has 2 rings (SSSR count). The Labute approximate surface area is 121 Å². The van der Waals surface area contributed by atoms with Crippen LogP contribution in [0, 0.1) is 0 Å². The second kappa shape index (κ2) is 6.00. The zero-order valence-electron chi connectivity index (χ0n) is 11.6. The van der Waals surface area contributed by atoms with Crippen molar-refractivity contribution in [3.05, 3.63) is 50.3 Å². The Bertz CT molecular complexity index is 640. The number of nitrogens with one attached hydrogen (secondary N) is 2. The van der Waals surface area contributed by atoms with Crippen LogP contribution in [-0.4, -0.2) is 15.9 Å². The zero-order valence-corrected chi connectivity index (χ0v) is 12.5. The molecule has 1 amide bonds. The zero-order chi connectivity index (χ0) is 14.7. The molecule has 0 aliphatic heterocycles. The normalized spacial score (nSPS) is 12.4. The molecule has 2 aromatic heterocycles. The van der Waals surface area contributed by atoms with E-state index in [0.29, 0.717) is 11.5 Å². The predicted molar refractivity (Wildman–Crippen MR) is 79.1 cm³/mol. The first-order chi connectivity index (χ1) is 9.47. The van der Waals surface area contributed by atoms with Crippen LogP contribution in [0.25, 0.3) is 0 Å². The van der Waals surface area contributed by atoms with Gasteiger partial charge >= 0.3 is 0 Å². The summed E-state index contributed by atoms with van der Waals surface area (Å²) in [6.07, 6.45) is 1.41. The fourth-order valence-corrected chi connectivity index (χ4v) is 2.60. The van der Waals surface area contributed by atoms with E-state index in [4.69, 9.17) is 0 Å². The number of amides is 1. The van der Waals surface area contributed by atoms with Crippen LogP contribution < -0.4 is 10.9 Å². The first-order valence-electron chi connectivity index (χ1n) is 6.42. The highest BCUT2D eigenvalue weighted by atomic mass is 32.1. The van der Waals surface area contributed by atoms with Crippen molar-refractivity contribution >= 4 is 17.2 Å². The Morgan fingerprint density at radius 2 is 2.10 bits per heavy atom. The van der Waals surface area contributed by atoms with Crippen molar-refractivity contribution in [1.82, 2.24) is 15.3 Å². The van der Waals surface area contributed by atoms with Crippen LogP contribution in [0.1, 0.15) is 53.8 Å². The smallest absolute Gasteiger partial charge is 0.253 e. The summed E-state index contributed by atoms with van der Waals surface area (Å²) in [7, 11) is 0. The maximum absolute atomic E-state index is 12.0. The Morgan fingerprint density at radius 3 is 2.65 bits per heavy atom. The fourth-order valence-electron chi connectivity index (χ4n) is 1.67. The number of nitrogens with zero attached hydrogens (tertiary/aromatic N) is 1. The molecule has 0 spiro atoms. The molecule has 0 aliphatic rings. The fraction of sp³-hybridized carbons (Fsp3) is 0.357. The molecule has 1 atom stereocenters. The van der Waals surface area contributed by atoms with Gasteiger partial charge in [0.05, 0.1) is 22.3 Å². The third kappa shape index (κ3) is 3.33. The molecule has 0 saturated heterocycles. The second-order valence-electron chi connectivity index (χ2n) is 4.90. The second-order valence-corrected chi connectivity index (χ2v) is 5.79. The molecule has 6 heteroatoms. The van der Waals surface area contributed by atoms with Crippen LogP contribution in [0.3, 0.4) is 0 Å². The van der Waals surface area contributed by atoms with Gasteiger partial charge in [0.1, 0.15) is 0 Å². The molecule has 5 nitrogen and oxygen atoms in total. The van der Waals surface area contributed by atoms with Gasteiger partial charge in [-0.25, -0.2) is 4.98 Å². The number of H-pyrrole nitrogens is 1. The molecule has 1 unspecified atom stereocenters. The van der Waals surface area contributed by atoms with Gasteiger partial charge in [-0.2, -0.15) is 0 Å². The van der Waals surface area contributed by atoms with E-state index in [2.05, 4.69) is 29.1 Å². The summed E-state index contributed by atoms with van der Waals surface area (Å²) < 4.78 is 0. The summed E-state index contributed by atoms with van der Waals surface area (Å²) in [5, 5.41) is 5.89. The topological polar surface area (TPSA) is 74.8 Å². The number of aromatic nitrogens is 2. The van der Waals surface area contributed by atoms with E-state index in [-0.39, 0.29) is 17.5 Å². The van der Waals surface area contributed by atoms with Crippen molar-refractivity contribution < 1.29 is 4.79 Å². The van der Waals surface area contributed by atoms with Crippen molar-refractivity contribution in [3.63, 3.8) is 0 Å². The van der Waals surface area contributed by atoms with Gasteiger partial charge < -0.3 is 10.3 Å². The van der Waals surface area contributed by atoms with Gasteiger partial charge in [-0.15, -0.1) is 11.3 Å². The maximum atomic E-state index is 12.0. The van der Waals surface area contributed by atoms with Gasteiger partial charge in [0, 0.05) is 23.6 Å². The van der Waals surface area contributed by atoms with E-state index in [9.17, 15) is 9.59 Å². The first-order valence-corrected chi connectivity index (χ1v) is 7.30. The van der Waals surface area contributed by atoms with E-state index >= 15 is 0 Å². The SMILES string of the molecule is CC(C)c1nc(C(C)NC(=O)c2ccc(=O)[nH]c2)cs1. The summed E-state index contributed by atoms with van der Waals surface area (Å²) >= 11 is 1.60. The third-order valence-corrected chi connectivity index (χ3v) is 4.03. The number of carbonyl (C=O) groups is 1. The largest absolute Gasteiger partial charge is 0.344 e. The van der Waals surface area contributed by atoms with Gasteiger partial charge in [-0.1, -0.05) is 13.8 Å². The molecule has 0 bridgehead atoms. The van der Waals surface area contributed by atoms with Crippen LogP contribution >= 0.6 is 11.3 Å². The van der Waals surface area contributed by atoms with E-state index < -0.39 is 0 Å². The van der Waals surface area contributed by atoms with E-state index in [1.807, 2.05) is 12.3 Å². The van der Waals surface area contributed by atoms with Gasteiger partial charge in [0.25, 0.3) is 5.91 Å². The minimum absolute atomic E-state index is 0.168. The van der Waals surface area contributed by atoms with Crippen LogP contribution in [0.15, 0.2) is 28.5 Å². The van der Waals surface area contributed by atoms with Crippen molar-refractivity contribution in [2.75, 3.05) is 0 Å². The standard InChI is InChI=1S/C14H17N3O2S/c1-8(2)14-17-11(7-20-14)9(3)16-13(19)10-4-5-12(18)15-6-10/h4-9H,1-3H3,(H,15,18)(H,16,19). The molecular weight excluding hydrogens is 274 g/mol. The summed E-state index contributed by atoms with van der Waals surface area (Å²) in [5.74, 6) is 0.156. The maximum Gasteiger partial charge on any atom is 0.253 e. The van der Waals surface area contributed by atoms with Crippen LogP contribution in [-0.2, 0) is 0 Å². The number of hydrogen-bond donors (Lipinski definition) is 2. The Hall–Kier alpha value is -1.95. The number of hydrogen-bond acceptors (Lipinski definition) is 4. The van der Waals surface area contributed by atoms with Crippen LogP contribution in [0.5, 0.6) is 0 Å². The van der Waals surface area contributed by atoms with Gasteiger partial charge in [0.2, 0.25) is 5.56 Å². The summed E-state index contributed by atoms with van der Waals surface area (Å²) in [5.41, 5.74) is 1.06. The van der Waals surface area contributed by atoms with E-state index in [0.717, 1.165) is 10.7 Å². The molecule has 0 fully saturated rings. The highest BCUT2D eigenvalue weighted by Gasteiger charge is 2.15. The molecule has 0 saturated carbocycles. The van der Waals surface area contributed by atoms with Gasteiger partial charge in [0.15, 0.2) is 0 Å². The average Bonchev–Trinajstić information content (AvgIpc) is 2.89. The minimum atomic E-state index is -0.229. The molecule has 0 aliphatic carbocycles. The summed E-state index contributed by atoms with van der Waals surface area (Å²) in [6.45, 7) is 6.07. The average molecular weight is 291 g/mol. The molecule has 2 heterocycles. The molecule has 2 aromatic rings. The lowest BCUT2D eigenvalue weighted by molar-refractivity contribution is 0.0939. The number of aromatic amines is 1. The lowest BCUT2D eigenvalue weighted by Gasteiger charge is -2.11. The molecule has 20 heavy (non-hydrogen) atoms. The highest BCUT2D eigenvalue weighted by molar-refractivity contribution is 7.09. The molecule has 106 valence electrons. The number of rotatable bonds is 4. The first kappa shape index (κ1) is 14.5. The minimum Gasteiger partial charge on any atom is -0.344 e. The van der Waals surface area contributed by atoms with Crippen molar-refractivity contribution in [3.8, 4) is 0 Å². The highest BCUT2D eigenvalue weighted by Crippen LogP contribution is 2.22. The Morgan fingerprint density at radius 1 is 1.35 bits per heavy atom. The monoisotopic (exact) mass is 291 g/mol. The Balaban J connectivity index is 2.06. The van der Waals surface area contributed by atoms with E-state index in [1.165, 1.54) is 18.3 Å². The molecule has 0 radical (unpaired) electrons. The number of pyridine rings is 1. The van der Waals surface area contributed by atoms with Crippen molar-refractivity contribution in [2.45, 2.75) is 32.7 Å². The summed E-state index contributed by atoms with van der Waals surface area (Å²) in [6, 6.07) is 2.67. The molecular formula is C14H17N3O2S. The quantitative estimate of drug-likeness (QED) is 0.908. The predicted octanol–water partition coefficient (Wildman–Crippen LogP) is 2.45. The van der Waals surface area contributed by atoms with Crippen LogP contribution in [0.2, 0.25) is 0 Å². The molecule has 0 aromatic carbocycles. The van der Waals surface area contributed by atoms with Crippen molar-refractivity contribution in [2.24, 2.45) is 0 Å². The van der Waals surface area contributed by atoms with E-state index in [1.54, 1.807) is 11.3 Å². The van der Waals surface area contributed by atoms with Gasteiger partial charge in [-0.05, 0) is 13.0 Å². The lowest BCUT2D eigenvalue weighted by atomic mass is 10.2. The lowest BCUT2D eigenvalue weighted by Crippen LogP contribution is -2.27.